The van der Waals surface area contributed by atoms with Crippen LogP contribution in [0.4, 0.5) is 11.6 Å². The summed E-state index contributed by atoms with van der Waals surface area (Å²) in [6, 6.07) is 5.30. The van der Waals surface area contributed by atoms with Crippen LogP contribution in [0.25, 0.3) is 0 Å². The zero-order chi connectivity index (χ0) is 13.1. The van der Waals surface area contributed by atoms with E-state index in [9.17, 15) is 0 Å². The second-order valence-electron chi connectivity index (χ2n) is 3.70. The fourth-order valence-electron chi connectivity index (χ4n) is 1.54. The van der Waals surface area contributed by atoms with Crippen molar-refractivity contribution < 1.29 is 4.42 Å². The molecule has 0 saturated carbocycles. The number of furan rings is 1. The van der Waals surface area contributed by atoms with Gasteiger partial charge in [0, 0.05) is 7.05 Å². The van der Waals surface area contributed by atoms with Gasteiger partial charge in [-0.25, -0.2) is 10.8 Å². The first kappa shape index (κ1) is 13.0. The third-order valence-electron chi connectivity index (χ3n) is 2.38. The van der Waals surface area contributed by atoms with Gasteiger partial charge in [0.2, 0.25) is 0 Å². The molecule has 0 aliphatic heterocycles. The summed E-state index contributed by atoms with van der Waals surface area (Å²) in [4.78, 5) is 6.10. The lowest BCUT2D eigenvalue weighted by molar-refractivity contribution is 0.507. The lowest BCUT2D eigenvalue weighted by atomic mass is 10.3. The van der Waals surface area contributed by atoms with Crippen LogP contribution in [0, 0.1) is 0 Å². The van der Waals surface area contributed by atoms with E-state index in [1.54, 1.807) is 12.3 Å². The summed E-state index contributed by atoms with van der Waals surface area (Å²) in [5, 5.41) is 0.825. The minimum absolute atomic E-state index is 0.373. The first-order valence-electron chi connectivity index (χ1n) is 5.18. The molecular formula is C11H12Cl2N4O. The van der Waals surface area contributed by atoms with Crippen molar-refractivity contribution in [2.75, 3.05) is 17.4 Å². The Kier molecular flexibility index (Phi) is 3.96. The third kappa shape index (κ3) is 2.69. The molecule has 18 heavy (non-hydrogen) atoms. The predicted octanol–water partition coefficient (Wildman–Crippen LogP) is 2.90. The SMILES string of the molecule is CN(Cc1ccco1)c1nc(NN)c(Cl)cc1Cl. The maximum atomic E-state index is 6.11. The van der Waals surface area contributed by atoms with E-state index in [-0.39, 0.29) is 0 Å². The third-order valence-corrected chi connectivity index (χ3v) is 2.95. The summed E-state index contributed by atoms with van der Waals surface area (Å²) in [6.45, 7) is 0.547. The number of nitrogens with two attached hydrogens (primary N) is 1. The van der Waals surface area contributed by atoms with Crippen LogP contribution in [0.5, 0.6) is 0 Å². The van der Waals surface area contributed by atoms with E-state index in [0.29, 0.717) is 28.2 Å². The molecular weight excluding hydrogens is 275 g/mol. The van der Waals surface area contributed by atoms with E-state index < -0.39 is 0 Å². The molecule has 2 aromatic heterocycles. The Hall–Kier alpha value is -1.43. The number of hydrogen-bond acceptors (Lipinski definition) is 5. The largest absolute Gasteiger partial charge is 0.467 e. The minimum atomic E-state index is 0.373. The number of rotatable bonds is 4. The van der Waals surface area contributed by atoms with Gasteiger partial charge in [0.15, 0.2) is 5.82 Å². The van der Waals surface area contributed by atoms with Gasteiger partial charge in [-0.15, -0.1) is 0 Å². The predicted molar refractivity (Wildman–Crippen MR) is 72.9 cm³/mol. The summed E-state index contributed by atoms with van der Waals surface area (Å²) < 4.78 is 5.27. The van der Waals surface area contributed by atoms with E-state index in [4.69, 9.17) is 33.5 Å². The van der Waals surface area contributed by atoms with Gasteiger partial charge in [-0.05, 0) is 18.2 Å². The van der Waals surface area contributed by atoms with Crippen LogP contribution in [0.2, 0.25) is 10.0 Å². The van der Waals surface area contributed by atoms with Crippen molar-refractivity contribution >= 4 is 34.8 Å². The minimum Gasteiger partial charge on any atom is -0.467 e. The Morgan fingerprint density at radius 1 is 1.44 bits per heavy atom. The van der Waals surface area contributed by atoms with Crippen LogP contribution in [0.15, 0.2) is 28.9 Å². The highest BCUT2D eigenvalue weighted by atomic mass is 35.5. The normalized spacial score (nSPS) is 10.4. The lowest BCUT2D eigenvalue weighted by Crippen LogP contribution is -2.19. The van der Waals surface area contributed by atoms with Gasteiger partial charge in [0.1, 0.15) is 11.6 Å². The van der Waals surface area contributed by atoms with Gasteiger partial charge in [0.25, 0.3) is 0 Å². The number of aromatic nitrogens is 1. The summed E-state index contributed by atoms with van der Waals surface area (Å²) in [6.07, 6.45) is 1.62. The molecule has 0 unspecified atom stereocenters. The van der Waals surface area contributed by atoms with Crippen LogP contribution >= 0.6 is 23.2 Å². The molecule has 0 spiro atoms. The molecule has 0 aromatic carbocycles. The molecule has 5 nitrogen and oxygen atoms in total. The summed E-state index contributed by atoms with van der Waals surface area (Å²) in [7, 11) is 1.85. The van der Waals surface area contributed by atoms with Crippen molar-refractivity contribution in [2.24, 2.45) is 5.84 Å². The first-order valence-corrected chi connectivity index (χ1v) is 5.93. The van der Waals surface area contributed by atoms with Gasteiger partial charge in [-0.2, -0.15) is 0 Å². The Bertz CT molecular complexity index is 530. The molecule has 0 fully saturated rings. The maximum absolute atomic E-state index is 6.11. The molecule has 2 heterocycles. The topological polar surface area (TPSA) is 67.3 Å². The fraction of sp³-hybridized carbons (Fsp3) is 0.182. The highest BCUT2D eigenvalue weighted by molar-refractivity contribution is 6.37. The van der Waals surface area contributed by atoms with E-state index >= 15 is 0 Å². The van der Waals surface area contributed by atoms with Crippen LogP contribution in [0.3, 0.4) is 0 Å². The highest BCUT2D eigenvalue weighted by Gasteiger charge is 2.13. The smallest absolute Gasteiger partial charge is 0.161 e. The van der Waals surface area contributed by atoms with Crippen molar-refractivity contribution in [3.05, 3.63) is 40.3 Å². The number of halogens is 2. The molecule has 0 aliphatic carbocycles. The molecule has 0 saturated heterocycles. The van der Waals surface area contributed by atoms with Crippen molar-refractivity contribution in [3.63, 3.8) is 0 Å². The van der Waals surface area contributed by atoms with Crippen LogP contribution in [0.1, 0.15) is 5.76 Å². The van der Waals surface area contributed by atoms with Gasteiger partial charge in [0.05, 0.1) is 22.9 Å². The molecule has 0 atom stereocenters. The van der Waals surface area contributed by atoms with E-state index in [1.165, 1.54) is 0 Å². The molecule has 7 heteroatoms. The van der Waals surface area contributed by atoms with Crippen molar-refractivity contribution in [2.45, 2.75) is 6.54 Å². The molecule has 3 N–H and O–H groups in total. The molecule has 2 aromatic rings. The Morgan fingerprint density at radius 3 is 2.83 bits per heavy atom. The summed E-state index contributed by atoms with van der Waals surface area (Å²) in [5.41, 5.74) is 2.42. The second kappa shape index (κ2) is 5.48. The zero-order valence-corrected chi connectivity index (χ0v) is 11.2. The first-order chi connectivity index (χ1) is 8.61. The van der Waals surface area contributed by atoms with Gasteiger partial charge >= 0.3 is 0 Å². The molecule has 0 bridgehead atoms. The number of hydrazine groups is 1. The summed E-state index contributed by atoms with van der Waals surface area (Å²) in [5.74, 6) is 7.09. The monoisotopic (exact) mass is 286 g/mol. The van der Waals surface area contributed by atoms with E-state index in [2.05, 4.69) is 10.4 Å². The Balaban J connectivity index is 2.26. The summed E-state index contributed by atoms with van der Waals surface area (Å²) >= 11 is 12.0. The molecule has 0 amide bonds. The highest BCUT2D eigenvalue weighted by Crippen LogP contribution is 2.31. The quantitative estimate of drug-likeness (QED) is 0.668. The number of pyridine rings is 1. The average molecular weight is 287 g/mol. The van der Waals surface area contributed by atoms with Crippen molar-refractivity contribution in [1.29, 1.82) is 0 Å². The number of hydrogen-bond donors (Lipinski definition) is 2. The molecule has 2 rings (SSSR count). The Morgan fingerprint density at radius 2 is 2.22 bits per heavy atom. The number of nitrogens with zero attached hydrogens (tertiary/aromatic N) is 2. The van der Waals surface area contributed by atoms with Gasteiger partial charge in [-0.3, -0.25) is 0 Å². The van der Waals surface area contributed by atoms with Gasteiger partial charge < -0.3 is 14.7 Å². The van der Waals surface area contributed by atoms with Crippen molar-refractivity contribution in [3.8, 4) is 0 Å². The van der Waals surface area contributed by atoms with Crippen molar-refractivity contribution in [1.82, 2.24) is 4.98 Å². The number of anilines is 2. The molecule has 0 aliphatic rings. The van der Waals surface area contributed by atoms with Gasteiger partial charge in [-0.1, -0.05) is 23.2 Å². The maximum Gasteiger partial charge on any atom is 0.161 e. The fourth-order valence-corrected chi connectivity index (χ4v) is 2.09. The van der Waals surface area contributed by atoms with Crippen LogP contribution in [-0.2, 0) is 6.54 Å². The van der Waals surface area contributed by atoms with Crippen LogP contribution in [-0.4, -0.2) is 12.0 Å². The van der Waals surface area contributed by atoms with E-state index in [1.807, 2.05) is 24.1 Å². The van der Waals surface area contributed by atoms with E-state index in [0.717, 1.165) is 5.76 Å². The molecule has 96 valence electrons. The Labute approximate surface area is 114 Å². The average Bonchev–Trinajstić information content (AvgIpc) is 2.81. The second-order valence-corrected chi connectivity index (χ2v) is 4.52. The number of nitrogens with one attached hydrogen (secondary N) is 1. The lowest BCUT2D eigenvalue weighted by Gasteiger charge is -2.19. The van der Waals surface area contributed by atoms with Crippen LogP contribution < -0.4 is 16.2 Å². The number of nitrogen functional groups attached to an aromatic ring is 1. The molecule has 0 radical (unpaired) electrons. The standard InChI is InChI=1S/C11H12Cl2N4O/c1-17(6-7-3-2-4-18-7)11-9(13)5-8(12)10(15-11)16-14/h2-5H,6,14H2,1H3,(H,15,16). The zero-order valence-electron chi connectivity index (χ0n) is 9.65.